The molecule has 3 heterocycles. The second-order valence-corrected chi connectivity index (χ2v) is 7.81. The van der Waals surface area contributed by atoms with E-state index in [4.69, 9.17) is 4.42 Å². The molecular weight excluding hydrogens is 252 g/mol. The van der Waals surface area contributed by atoms with Crippen LogP contribution in [-0.4, -0.2) is 40.3 Å². The maximum Gasteiger partial charge on any atom is 0.230 e. The van der Waals surface area contributed by atoms with Gasteiger partial charge in [-0.2, -0.15) is 0 Å². The molecule has 2 saturated heterocycles. The SMILES string of the molecule is CC(C)(C)c1nnc(CN2CC3CNCC3C2(C)C)o1. The van der Waals surface area contributed by atoms with Crippen molar-refractivity contribution in [2.75, 3.05) is 19.6 Å². The third-order valence-electron chi connectivity index (χ3n) is 4.95. The lowest BCUT2D eigenvalue weighted by atomic mass is 9.85. The highest BCUT2D eigenvalue weighted by Gasteiger charge is 2.49. The zero-order valence-corrected chi connectivity index (χ0v) is 13.2. The minimum absolute atomic E-state index is 0.0772. The maximum atomic E-state index is 5.85. The van der Waals surface area contributed by atoms with Gasteiger partial charge in [0.25, 0.3) is 0 Å². The fourth-order valence-corrected chi connectivity index (χ4v) is 3.56. The van der Waals surface area contributed by atoms with Gasteiger partial charge >= 0.3 is 0 Å². The summed E-state index contributed by atoms with van der Waals surface area (Å²) in [5, 5.41) is 11.9. The molecule has 0 aliphatic carbocycles. The van der Waals surface area contributed by atoms with Crippen molar-refractivity contribution in [1.82, 2.24) is 20.4 Å². The molecule has 0 spiro atoms. The van der Waals surface area contributed by atoms with Crippen molar-refractivity contribution >= 4 is 0 Å². The van der Waals surface area contributed by atoms with Gasteiger partial charge in [-0.1, -0.05) is 20.8 Å². The van der Waals surface area contributed by atoms with Crippen molar-refractivity contribution in [2.24, 2.45) is 11.8 Å². The van der Waals surface area contributed by atoms with Gasteiger partial charge in [0.15, 0.2) is 0 Å². The molecule has 2 unspecified atom stereocenters. The van der Waals surface area contributed by atoms with Crippen molar-refractivity contribution in [2.45, 2.75) is 52.1 Å². The second-order valence-electron chi connectivity index (χ2n) is 7.81. The molecule has 0 amide bonds. The molecule has 3 rings (SSSR count). The van der Waals surface area contributed by atoms with E-state index < -0.39 is 0 Å². The summed E-state index contributed by atoms with van der Waals surface area (Å²) in [5.41, 5.74) is 0.122. The molecule has 2 aliphatic rings. The van der Waals surface area contributed by atoms with E-state index in [0.717, 1.165) is 49.8 Å². The van der Waals surface area contributed by atoms with E-state index in [1.165, 1.54) is 0 Å². The summed E-state index contributed by atoms with van der Waals surface area (Å²) < 4.78 is 5.85. The van der Waals surface area contributed by atoms with Crippen molar-refractivity contribution in [3.8, 4) is 0 Å². The van der Waals surface area contributed by atoms with Crippen molar-refractivity contribution in [3.05, 3.63) is 11.8 Å². The number of hydrogen-bond acceptors (Lipinski definition) is 5. The molecule has 1 aromatic rings. The molecule has 20 heavy (non-hydrogen) atoms. The highest BCUT2D eigenvalue weighted by molar-refractivity contribution is 5.05. The topological polar surface area (TPSA) is 54.2 Å². The van der Waals surface area contributed by atoms with Crippen LogP contribution in [0.15, 0.2) is 4.42 Å². The Labute approximate surface area is 121 Å². The van der Waals surface area contributed by atoms with Crippen LogP contribution in [0, 0.1) is 11.8 Å². The molecule has 0 aromatic carbocycles. The van der Waals surface area contributed by atoms with Crippen LogP contribution >= 0.6 is 0 Å². The van der Waals surface area contributed by atoms with Crippen molar-refractivity contribution in [1.29, 1.82) is 0 Å². The number of nitrogens with one attached hydrogen (secondary N) is 1. The van der Waals surface area contributed by atoms with Gasteiger partial charge in [-0.3, -0.25) is 4.90 Å². The Hall–Kier alpha value is -0.940. The lowest BCUT2D eigenvalue weighted by Crippen LogP contribution is -2.43. The maximum absolute atomic E-state index is 5.85. The summed E-state index contributed by atoms with van der Waals surface area (Å²) in [7, 11) is 0. The van der Waals surface area contributed by atoms with Gasteiger partial charge in [0, 0.05) is 24.0 Å². The fourth-order valence-electron chi connectivity index (χ4n) is 3.56. The first-order chi connectivity index (χ1) is 9.28. The smallest absolute Gasteiger partial charge is 0.230 e. The lowest BCUT2D eigenvalue weighted by molar-refractivity contribution is 0.119. The number of fused-ring (bicyclic) bond motifs is 1. The molecule has 2 fully saturated rings. The Bertz CT molecular complexity index is 488. The molecule has 5 heteroatoms. The summed E-state index contributed by atoms with van der Waals surface area (Å²) in [6.45, 7) is 15.1. The fraction of sp³-hybridized carbons (Fsp3) is 0.867. The molecule has 1 aromatic heterocycles. The molecule has 112 valence electrons. The zero-order valence-electron chi connectivity index (χ0n) is 13.2. The molecule has 0 radical (unpaired) electrons. The normalized spacial score (nSPS) is 29.9. The van der Waals surface area contributed by atoms with E-state index in [1.54, 1.807) is 0 Å². The van der Waals surface area contributed by atoms with Gasteiger partial charge < -0.3 is 9.73 Å². The Kier molecular flexibility index (Phi) is 3.18. The van der Waals surface area contributed by atoms with Crippen LogP contribution < -0.4 is 5.32 Å². The van der Waals surface area contributed by atoms with Crippen LogP contribution in [0.1, 0.15) is 46.4 Å². The van der Waals surface area contributed by atoms with Gasteiger partial charge in [-0.25, -0.2) is 0 Å². The molecule has 5 nitrogen and oxygen atoms in total. The summed E-state index contributed by atoms with van der Waals surface area (Å²) >= 11 is 0. The molecule has 2 aliphatic heterocycles. The predicted octanol–water partition coefficient (Wildman–Crippen LogP) is 1.80. The first-order valence-corrected chi connectivity index (χ1v) is 7.57. The van der Waals surface area contributed by atoms with E-state index in [9.17, 15) is 0 Å². The number of aromatic nitrogens is 2. The van der Waals surface area contributed by atoms with Crippen LogP contribution in [0.5, 0.6) is 0 Å². The average Bonchev–Trinajstić information content (AvgIpc) is 2.98. The zero-order chi connectivity index (χ0) is 14.5. The van der Waals surface area contributed by atoms with E-state index in [-0.39, 0.29) is 11.0 Å². The first kappa shape index (κ1) is 14.0. The minimum Gasteiger partial charge on any atom is -0.423 e. The van der Waals surface area contributed by atoms with E-state index in [2.05, 4.69) is 55.0 Å². The third-order valence-corrected chi connectivity index (χ3v) is 4.95. The Morgan fingerprint density at radius 1 is 1.30 bits per heavy atom. The Balaban J connectivity index is 1.74. The minimum atomic E-state index is -0.0772. The molecule has 0 saturated carbocycles. The quantitative estimate of drug-likeness (QED) is 0.894. The first-order valence-electron chi connectivity index (χ1n) is 7.57. The number of nitrogens with zero attached hydrogens (tertiary/aromatic N) is 3. The molecule has 2 atom stereocenters. The Morgan fingerprint density at radius 2 is 2.05 bits per heavy atom. The average molecular weight is 278 g/mol. The highest BCUT2D eigenvalue weighted by Crippen LogP contribution is 2.41. The summed E-state index contributed by atoms with van der Waals surface area (Å²) in [4.78, 5) is 2.50. The summed E-state index contributed by atoms with van der Waals surface area (Å²) in [6.07, 6.45) is 0. The lowest BCUT2D eigenvalue weighted by Gasteiger charge is -2.34. The standard InChI is InChI=1S/C15H26N4O/c1-14(2,3)13-18-17-12(20-13)9-19-8-10-6-16-7-11(10)15(19,4)5/h10-11,16H,6-9H2,1-5H3. The van der Waals surface area contributed by atoms with Crippen LogP contribution in [-0.2, 0) is 12.0 Å². The van der Waals surface area contributed by atoms with E-state index in [0.29, 0.717) is 0 Å². The molecule has 0 bridgehead atoms. The van der Waals surface area contributed by atoms with E-state index in [1.807, 2.05) is 0 Å². The van der Waals surface area contributed by atoms with Crippen molar-refractivity contribution in [3.63, 3.8) is 0 Å². The predicted molar refractivity (Wildman–Crippen MR) is 77.3 cm³/mol. The van der Waals surface area contributed by atoms with E-state index >= 15 is 0 Å². The van der Waals surface area contributed by atoms with Crippen molar-refractivity contribution < 1.29 is 4.42 Å². The Morgan fingerprint density at radius 3 is 2.65 bits per heavy atom. The highest BCUT2D eigenvalue weighted by atomic mass is 16.4. The third kappa shape index (κ3) is 2.27. The number of likely N-dealkylation sites (tertiary alicyclic amines) is 1. The summed E-state index contributed by atoms with van der Waals surface area (Å²) in [5.74, 6) is 2.96. The largest absolute Gasteiger partial charge is 0.423 e. The number of hydrogen-bond donors (Lipinski definition) is 1. The van der Waals surface area contributed by atoms with Gasteiger partial charge in [0.05, 0.1) is 6.54 Å². The van der Waals surface area contributed by atoms with Crippen LogP contribution in [0.25, 0.3) is 0 Å². The van der Waals surface area contributed by atoms with Gasteiger partial charge in [-0.05, 0) is 32.2 Å². The van der Waals surface area contributed by atoms with Crippen LogP contribution in [0.2, 0.25) is 0 Å². The van der Waals surface area contributed by atoms with Crippen LogP contribution in [0.4, 0.5) is 0 Å². The second kappa shape index (κ2) is 4.53. The number of rotatable bonds is 2. The summed E-state index contributed by atoms with van der Waals surface area (Å²) in [6, 6.07) is 0. The van der Waals surface area contributed by atoms with Crippen LogP contribution in [0.3, 0.4) is 0 Å². The van der Waals surface area contributed by atoms with Gasteiger partial charge in [0.2, 0.25) is 11.8 Å². The monoisotopic (exact) mass is 278 g/mol. The molecule has 1 N–H and O–H groups in total. The van der Waals surface area contributed by atoms with Gasteiger partial charge in [0.1, 0.15) is 0 Å². The molecular formula is C15H26N4O. The van der Waals surface area contributed by atoms with Gasteiger partial charge in [-0.15, -0.1) is 10.2 Å².